The van der Waals surface area contributed by atoms with Crippen LogP contribution in [-0.2, 0) is 9.59 Å². The van der Waals surface area contributed by atoms with Gasteiger partial charge in [0.25, 0.3) is 0 Å². The van der Waals surface area contributed by atoms with Crippen LogP contribution >= 0.6 is 11.3 Å². The fraction of sp³-hybridized carbons (Fsp3) is 0.0476. The molecule has 0 radical (unpaired) electrons. The number of nitrogens with one attached hydrogen (secondary N) is 2. The van der Waals surface area contributed by atoms with Crippen LogP contribution in [0.1, 0.15) is 12.5 Å². The number of rotatable bonds is 5. The first-order chi connectivity index (χ1) is 12.6. The molecule has 1 aromatic heterocycles. The van der Waals surface area contributed by atoms with E-state index in [-0.39, 0.29) is 11.8 Å². The molecule has 0 saturated carbocycles. The molecule has 3 aromatic rings. The highest BCUT2D eigenvalue weighted by atomic mass is 32.1. The zero-order valence-corrected chi connectivity index (χ0v) is 15.0. The van der Waals surface area contributed by atoms with Crippen LogP contribution in [0, 0.1) is 0 Å². The molecule has 0 atom stereocenters. The molecule has 130 valence electrons. The predicted octanol–water partition coefficient (Wildman–Crippen LogP) is 5.03. The summed E-state index contributed by atoms with van der Waals surface area (Å²) in [6, 6.07) is 19.0. The van der Waals surface area contributed by atoms with E-state index in [0.717, 1.165) is 27.4 Å². The maximum absolute atomic E-state index is 12.3. The van der Waals surface area contributed by atoms with E-state index < -0.39 is 0 Å². The predicted molar refractivity (Wildman–Crippen MR) is 108 cm³/mol. The third-order valence-electron chi connectivity index (χ3n) is 3.63. The fourth-order valence-electron chi connectivity index (χ4n) is 2.47. The van der Waals surface area contributed by atoms with E-state index in [1.54, 1.807) is 29.5 Å². The largest absolute Gasteiger partial charge is 0.326 e. The summed E-state index contributed by atoms with van der Waals surface area (Å²) in [5.74, 6) is -0.308. The van der Waals surface area contributed by atoms with Gasteiger partial charge in [0, 0.05) is 34.8 Å². The Hall–Kier alpha value is -3.18. The van der Waals surface area contributed by atoms with Gasteiger partial charge in [-0.3, -0.25) is 9.59 Å². The van der Waals surface area contributed by atoms with Crippen molar-refractivity contribution in [3.63, 3.8) is 0 Å². The van der Waals surface area contributed by atoms with Crippen LogP contribution in [0.5, 0.6) is 0 Å². The quantitative estimate of drug-likeness (QED) is 0.626. The molecule has 3 rings (SSSR count). The van der Waals surface area contributed by atoms with Gasteiger partial charge in [-0.15, -0.1) is 11.3 Å². The smallest absolute Gasteiger partial charge is 0.248 e. The molecule has 2 N–H and O–H groups in total. The van der Waals surface area contributed by atoms with Gasteiger partial charge in [-0.05, 0) is 41.3 Å². The summed E-state index contributed by atoms with van der Waals surface area (Å²) in [6.07, 6.45) is 3.24. The van der Waals surface area contributed by atoms with E-state index >= 15 is 0 Å². The van der Waals surface area contributed by atoms with Gasteiger partial charge in [-0.25, -0.2) is 0 Å². The van der Waals surface area contributed by atoms with Gasteiger partial charge in [0.15, 0.2) is 0 Å². The van der Waals surface area contributed by atoms with E-state index in [1.807, 2.05) is 53.9 Å². The molecule has 0 aliphatic heterocycles. The number of carbonyl (C=O) groups is 2. The zero-order valence-electron chi connectivity index (χ0n) is 14.2. The standard InChI is InChI=1S/C21H18N2O2S/c1-15(24)22-17-11-8-16(9-12-17)10-13-21(25)23-19-6-3-2-5-18(19)20-7-4-14-26-20/h2-14H,1H3,(H,22,24)(H,23,25)/b13-10+. The number of para-hydroxylation sites is 1. The van der Waals surface area contributed by atoms with Gasteiger partial charge in [-0.1, -0.05) is 36.4 Å². The second kappa shape index (κ2) is 8.27. The van der Waals surface area contributed by atoms with Gasteiger partial charge >= 0.3 is 0 Å². The first kappa shape index (κ1) is 17.6. The zero-order chi connectivity index (χ0) is 18.4. The maximum atomic E-state index is 12.3. The van der Waals surface area contributed by atoms with Crippen molar-refractivity contribution >= 4 is 40.6 Å². The topological polar surface area (TPSA) is 58.2 Å². The van der Waals surface area contributed by atoms with E-state index in [2.05, 4.69) is 10.6 Å². The molecule has 0 saturated heterocycles. The first-order valence-corrected chi connectivity index (χ1v) is 8.99. The Kier molecular flexibility index (Phi) is 5.61. The highest BCUT2D eigenvalue weighted by Crippen LogP contribution is 2.31. The summed E-state index contributed by atoms with van der Waals surface area (Å²) in [5.41, 5.74) is 3.39. The summed E-state index contributed by atoms with van der Waals surface area (Å²) in [7, 11) is 0. The summed E-state index contributed by atoms with van der Waals surface area (Å²) < 4.78 is 0. The van der Waals surface area contributed by atoms with Crippen molar-refractivity contribution in [2.75, 3.05) is 10.6 Å². The van der Waals surface area contributed by atoms with Crippen molar-refractivity contribution < 1.29 is 9.59 Å². The lowest BCUT2D eigenvalue weighted by atomic mass is 10.1. The number of anilines is 2. The van der Waals surface area contributed by atoms with Crippen LogP contribution in [0.2, 0.25) is 0 Å². The Balaban J connectivity index is 1.68. The molecule has 0 unspecified atom stereocenters. The van der Waals surface area contributed by atoms with E-state index in [0.29, 0.717) is 0 Å². The maximum Gasteiger partial charge on any atom is 0.248 e. The van der Waals surface area contributed by atoms with Crippen molar-refractivity contribution in [1.29, 1.82) is 0 Å². The second-order valence-corrected chi connectivity index (χ2v) is 6.60. The van der Waals surface area contributed by atoms with Gasteiger partial charge in [-0.2, -0.15) is 0 Å². The minimum Gasteiger partial charge on any atom is -0.326 e. The summed E-state index contributed by atoms with van der Waals surface area (Å²) >= 11 is 1.63. The number of amides is 2. The molecule has 1 heterocycles. The fourth-order valence-corrected chi connectivity index (χ4v) is 3.23. The summed E-state index contributed by atoms with van der Waals surface area (Å²) in [5, 5.41) is 7.65. The van der Waals surface area contributed by atoms with Crippen molar-refractivity contribution in [2.45, 2.75) is 6.92 Å². The molecule has 0 aliphatic rings. The normalized spacial score (nSPS) is 10.7. The molecule has 26 heavy (non-hydrogen) atoms. The Bertz CT molecular complexity index is 929. The minimum absolute atomic E-state index is 0.114. The molecule has 2 amide bonds. The molecule has 4 nitrogen and oxygen atoms in total. The monoisotopic (exact) mass is 362 g/mol. The molecular weight excluding hydrogens is 344 g/mol. The van der Waals surface area contributed by atoms with Crippen molar-refractivity contribution in [2.24, 2.45) is 0 Å². The van der Waals surface area contributed by atoms with Crippen LogP contribution in [-0.4, -0.2) is 11.8 Å². The van der Waals surface area contributed by atoms with Gasteiger partial charge in [0.2, 0.25) is 11.8 Å². The molecule has 0 spiro atoms. The Morgan fingerprint density at radius 3 is 2.38 bits per heavy atom. The van der Waals surface area contributed by atoms with Crippen LogP contribution in [0.3, 0.4) is 0 Å². The van der Waals surface area contributed by atoms with Crippen molar-refractivity contribution in [3.05, 3.63) is 77.7 Å². The SMILES string of the molecule is CC(=O)Nc1ccc(/C=C/C(=O)Nc2ccccc2-c2cccs2)cc1. The lowest BCUT2D eigenvalue weighted by molar-refractivity contribution is -0.114. The Morgan fingerprint density at radius 2 is 1.69 bits per heavy atom. The lowest BCUT2D eigenvalue weighted by Gasteiger charge is -2.08. The third kappa shape index (κ3) is 4.68. The van der Waals surface area contributed by atoms with Crippen LogP contribution in [0.25, 0.3) is 16.5 Å². The van der Waals surface area contributed by atoms with E-state index in [1.165, 1.54) is 13.0 Å². The Labute approximate surface area is 156 Å². The number of benzene rings is 2. The van der Waals surface area contributed by atoms with Gasteiger partial charge in [0.05, 0.1) is 0 Å². The minimum atomic E-state index is -0.194. The lowest BCUT2D eigenvalue weighted by Crippen LogP contribution is -2.08. The van der Waals surface area contributed by atoms with Crippen LogP contribution in [0.15, 0.2) is 72.1 Å². The highest BCUT2D eigenvalue weighted by molar-refractivity contribution is 7.13. The second-order valence-electron chi connectivity index (χ2n) is 5.65. The third-order valence-corrected chi connectivity index (χ3v) is 4.53. The first-order valence-electron chi connectivity index (χ1n) is 8.11. The molecule has 0 aliphatic carbocycles. The van der Waals surface area contributed by atoms with Gasteiger partial charge in [0.1, 0.15) is 0 Å². The van der Waals surface area contributed by atoms with Crippen LogP contribution < -0.4 is 10.6 Å². The average molecular weight is 362 g/mol. The van der Waals surface area contributed by atoms with Crippen LogP contribution in [0.4, 0.5) is 11.4 Å². The Morgan fingerprint density at radius 1 is 0.923 bits per heavy atom. The number of carbonyl (C=O) groups excluding carboxylic acids is 2. The highest BCUT2D eigenvalue weighted by Gasteiger charge is 2.07. The van der Waals surface area contributed by atoms with E-state index in [9.17, 15) is 9.59 Å². The van der Waals surface area contributed by atoms with Crippen molar-refractivity contribution in [3.8, 4) is 10.4 Å². The number of hydrogen-bond acceptors (Lipinski definition) is 3. The molecule has 0 bridgehead atoms. The number of hydrogen-bond donors (Lipinski definition) is 2. The van der Waals surface area contributed by atoms with Gasteiger partial charge < -0.3 is 10.6 Å². The summed E-state index contributed by atoms with van der Waals surface area (Å²) in [4.78, 5) is 24.4. The molecule has 2 aromatic carbocycles. The molecule has 0 fully saturated rings. The molecular formula is C21H18N2O2S. The molecule has 5 heteroatoms. The van der Waals surface area contributed by atoms with Crippen molar-refractivity contribution in [1.82, 2.24) is 0 Å². The average Bonchev–Trinajstić information content (AvgIpc) is 3.16. The number of thiophene rings is 1. The summed E-state index contributed by atoms with van der Waals surface area (Å²) in [6.45, 7) is 1.46. The van der Waals surface area contributed by atoms with E-state index in [4.69, 9.17) is 0 Å².